The van der Waals surface area contributed by atoms with Gasteiger partial charge < -0.3 is 4.74 Å². The van der Waals surface area contributed by atoms with Crippen LogP contribution in [0.15, 0.2) is 0 Å². The molecule has 1 aliphatic heterocycles. The molecule has 4 heteroatoms. The summed E-state index contributed by atoms with van der Waals surface area (Å²) < 4.78 is 17.5. The summed E-state index contributed by atoms with van der Waals surface area (Å²) in [6.45, 7) is 0. The second-order valence-corrected chi connectivity index (χ2v) is 4.05. The highest BCUT2D eigenvalue weighted by atomic mass is 32.2. The van der Waals surface area contributed by atoms with E-state index in [1.165, 1.54) is 7.11 Å². The van der Waals surface area contributed by atoms with Gasteiger partial charge in [-0.3, -0.25) is 0 Å². The largest absolute Gasteiger partial charge is 0.467 e. The Balaban J connectivity index is 2.39. The fraction of sp³-hybridized carbons (Fsp3) is 0.875. The molecule has 70 valence electrons. The fourth-order valence-electron chi connectivity index (χ4n) is 1.30. The van der Waals surface area contributed by atoms with Gasteiger partial charge in [0.2, 0.25) is 6.17 Å². The summed E-state index contributed by atoms with van der Waals surface area (Å²) in [6.07, 6.45) is 0.401. The van der Waals surface area contributed by atoms with Gasteiger partial charge in [-0.25, -0.2) is 9.18 Å². The van der Waals surface area contributed by atoms with Crippen molar-refractivity contribution in [2.24, 2.45) is 5.92 Å². The first-order valence-electron chi connectivity index (χ1n) is 4.05. The molecule has 0 aromatic heterocycles. The zero-order valence-corrected chi connectivity index (χ0v) is 7.90. The van der Waals surface area contributed by atoms with Crippen molar-refractivity contribution in [3.8, 4) is 0 Å². The maximum Gasteiger partial charge on any atom is 0.340 e. The quantitative estimate of drug-likeness (QED) is 0.622. The van der Waals surface area contributed by atoms with E-state index in [9.17, 15) is 9.18 Å². The summed E-state index contributed by atoms with van der Waals surface area (Å²) in [5.74, 6) is 0.986. The summed E-state index contributed by atoms with van der Waals surface area (Å²) in [7, 11) is 1.23. The van der Waals surface area contributed by atoms with Crippen molar-refractivity contribution in [3.63, 3.8) is 0 Å². The molecular formula is C8H13FO2S. The summed E-state index contributed by atoms with van der Waals surface area (Å²) >= 11 is 1.71. The van der Waals surface area contributed by atoms with E-state index in [2.05, 4.69) is 4.74 Å². The lowest BCUT2D eigenvalue weighted by atomic mass is 10.00. The van der Waals surface area contributed by atoms with Crippen LogP contribution in [0.3, 0.4) is 0 Å². The molecule has 1 fully saturated rings. The van der Waals surface area contributed by atoms with Gasteiger partial charge in [0, 0.05) is 5.92 Å². The van der Waals surface area contributed by atoms with Crippen molar-refractivity contribution >= 4 is 17.7 Å². The number of halogens is 1. The molecule has 1 rings (SSSR count). The molecule has 2 nitrogen and oxygen atoms in total. The predicted octanol–water partition coefficient (Wildman–Crippen LogP) is 1.64. The van der Waals surface area contributed by atoms with Gasteiger partial charge in [0.25, 0.3) is 0 Å². The number of ether oxygens (including phenoxy) is 1. The number of methoxy groups -OCH3 is 1. The predicted molar refractivity (Wildman–Crippen MR) is 47.0 cm³/mol. The maximum atomic E-state index is 13.2. The van der Waals surface area contributed by atoms with Crippen molar-refractivity contribution in [3.05, 3.63) is 0 Å². The third-order valence-corrected chi connectivity index (χ3v) is 3.28. The van der Waals surface area contributed by atoms with Gasteiger partial charge in [-0.1, -0.05) is 0 Å². The fourth-order valence-corrected chi connectivity index (χ4v) is 2.48. The SMILES string of the molecule is COC(=O)C(F)C1CCCSC1. The zero-order valence-electron chi connectivity index (χ0n) is 7.09. The Morgan fingerprint density at radius 1 is 1.75 bits per heavy atom. The van der Waals surface area contributed by atoms with Gasteiger partial charge in [0.15, 0.2) is 0 Å². The Hall–Kier alpha value is -0.250. The molecule has 0 N–H and O–H groups in total. The second-order valence-electron chi connectivity index (χ2n) is 2.90. The van der Waals surface area contributed by atoms with E-state index < -0.39 is 12.1 Å². The van der Waals surface area contributed by atoms with Crippen molar-refractivity contribution in [1.29, 1.82) is 0 Å². The lowest BCUT2D eigenvalue weighted by molar-refractivity contribution is -0.148. The first kappa shape index (κ1) is 9.84. The van der Waals surface area contributed by atoms with E-state index in [-0.39, 0.29) is 5.92 Å². The number of hydrogen-bond donors (Lipinski definition) is 0. The monoisotopic (exact) mass is 192 g/mol. The number of alkyl halides is 1. The molecule has 1 heterocycles. The molecule has 0 bridgehead atoms. The Bertz CT molecular complexity index is 157. The van der Waals surface area contributed by atoms with Gasteiger partial charge in [-0.15, -0.1) is 0 Å². The standard InChI is InChI=1S/C8H13FO2S/c1-11-8(10)7(9)6-3-2-4-12-5-6/h6-7H,2-5H2,1H3. The average Bonchev–Trinajstić information content (AvgIpc) is 2.17. The number of hydrogen-bond acceptors (Lipinski definition) is 3. The summed E-state index contributed by atoms with van der Waals surface area (Å²) in [5, 5.41) is 0. The highest BCUT2D eigenvalue weighted by Crippen LogP contribution is 2.27. The van der Waals surface area contributed by atoms with E-state index in [0.29, 0.717) is 0 Å². The first-order chi connectivity index (χ1) is 5.75. The van der Waals surface area contributed by atoms with Crippen LogP contribution in [0.2, 0.25) is 0 Å². The van der Waals surface area contributed by atoms with Gasteiger partial charge in [-0.05, 0) is 24.3 Å². The second kappa shape index (κ2) is 4.70. The minimum absolute atomic E-state index is 0.129. The van der Waals surface area contributed by atoms with E-state index in [0.717, 1.165) is 24.3 Å². The van der Waals surface area contributed by atoms with Crippen LogP contribution in [0.4, 0.5) is 4.39 Å². The molecule has 1 aliphatic rings. The Morgan fingerprint density at radius 2 is 2.50 bits per heavy atom. The van der Waals surface area contributed by atoms with Gasteiger partial charge in [-0.2, -0.15) is 11.8 Å². The molecule has 0 saturated carbocycles. The first-order valence-corrected chi connectivity index (χ1v) is 5.21. The van der Waals surface area contributed by atoms with Crippen LogP contribution in [0.1, 0.15) is 12.8 Å². The average molecular weight is 192 g/mol. The Morgan fingerprint density at radius 3 is 3.00 bits per heavy atom. The number of esters is 1. The van der Waals surface area contributed by atoms with E-state index in [1.54, 1.807) is 11.8 Å². The molecule has 12 heavy (non-hydrogen) atoms. The lowest BCUT2D eigenvalue weighted by Crippen LogP contribution is -2.30. The maximum absolute atomic E-state index is 13.2. The van der Waals surface area contributed by atoms with Crippen molar-refractivity contribution in [2.45, 2.75) is 19.0 Å². The lowest BCUT2D eigenvalue weighted by Gasteiger charge is -2.22. The number of thioether (sulfide) groups is 1. The number of carbonyl (C=O) groups is 1. The highest BCUT2D eigenvalue weighted by Gasteiger charge is 2.30. The van der Waals surface area contributed by atoms with Crippen molar-refractivity contribution in [1.82, 2.24) is 0 Å². The van der Waals surface area contributed by atoms with Crippen LogP contribution in [0.5, 0.6) is 0 Å². The van der Waals surface area contributed by atoms with Crippen LogP contribution in [0, 0.1) is 5.92 Å². The Labute approximate surface area is 75.9 Å². The zero-order chi connectivity index (χ0) is 8.97. The smallest absolute Gasteiger partial charge is 0.340 e. The number of rotatable bonds is 2. The summed E-state index contributed by atoms with van der Waals surface area (Å²) in [6, 6.07) is 0. The normalized spacial score (nSPS) is 26.3. The van der Waals surface area contributed by atoms with E-state index in [1.807, 2.05) is 0 Å². The minimum atomic E-state index is -1.41. The topological polar surface area (TPSA) is 26.3 Å². The van der Waals surface area contributed by atoms with Crippen molar-refractivity contribution < 1.29 is 13.9 Å². The molecule has 0 aromatic carbocycles. The molecular weight excluding hydrogens is 179 g/mol. The molecule has 1 saturated heterocycles. The Kier molecular flexibility index (Phi) is 3.85. The van der Waals surface area contributed by atoms with E-state index in [4.69, 9.17) is 0 Å². The molecule has 0 spiro atoms. The van der Waals surface area contributed by atoms with Gasteiger partial charge in [0.05, 0.1) is 7.11 Å². The summed E-state index contributed by atoms with van der Waals surface area (Å²) in [4.78, 5) is 10.8. The van der Waals surface area contributed by atoms with E-state index >= 15 is 0 Å². The van der Waals surface area contributed by atoms with Crippen molar-refractivity contribution in [2.75, 3.05) is 18.6 Å². The molecule has 0 radical (unpaired) electrons. The van der Waals surface area contributed by atoms with Crippen LogP contribution < -0.4 is 0 Å². The molecule has 0 amide bonds. The number of carbonyl (C=O) groups excluding carboxylic acids is 1. The van der Waals surface area contributed by atoms with Crippen LogP contribution in [-0.2, 0) is 9.53 Å². The van der Waals surface area contributed by atoms with Crippen LogP contribution >= 0.6 is 11.8 Å². The third-order valence-electron chi connectivity index (χ3n) is 2.04. The molecule has 2 atom stereocenters. The molecule has 0 aromatic rings. The highest BCUT2D eigenvalue weighted by molar-refractivity contribution is 7.99. The van der Waals surface area contributed by atoms with Crippen LogP contribution in [-0.4, -0.2) is 30.8 Å². The minimum Gasteiger partial charge on any atom is -0.467 e. The summed E-state index contributed by atoms with van der Waals surface area (Å²) in [5.41, 5.74) is 0. The molecule has 2 unspecified atom stereocenters. The van der Waals surface area contributed by atoms with Gasteiger partial charge in [0.1, 0.15) is 0 Å². The third kappa shape index (κ3) is 2.37. The molecule has 0 aliphatic carbocycles. The van der Waals surface area contributed by atoms with Gasteiger partial charge >= 0.3 is 5.97 Å². The van der Waals surface area contributed by atoms with Crippen LogP contribution in [0.25, 0.3) is 0 Å².